The number of piperidine rings is 1. The molecule has 1 aromatic carbocycles. The fourth-order valence-corrected chi connectivity index (χ4v) is 8.78. The van der Waals surface area contributed by atoms with Crippen LogP contribution in [-0.4, -0.2) is 66.5 Å². The summed E-state index contributed by atoms with van der Waals surface area (Å²) in [6.45, 7) is 1.51. The summed E-state index contributed by atoms with van der Waals surface area (Å²) >= 11 is 0. The number of nitrogens with one attached hydrogen (secondary N) is 1. The smallest absolute Gasteiger partial charge is 0.265 e. The topological polar surface area (TPSA) is 111 Å². The van der Waals surface area contributed by atoms with E-state index in [1.165, 1.54) is 21.3 Å². The number of carbonyl (C=O) groups excluding carboxylic acids is 2. The second kappa shape index (κ2) is 11.0. The van der Waals surface area contributed by atoms with Gasteiger partial charge in [-0.15, -0.1) is 0 Å². The highest BCUT2D eigenvalue weighted by Gasteiger charge is 2.46. The zero-order chi connectivity index (χ0) is 33.9. The quantitative estimate of drug-likeness (QED) is 0.256. The standard InChI is InChI=1S/C36H39F4N7O2/c1-17-27-7-5-20-13-30(46(32(20)43-27)16-36(39,40)8-2-3-18-10-23(18)34(48)42-17)33-44-28-12-21(11-25(38)31(28)47(33)29-14-24(29)37)35(49)45-15-26(41)19-4-6-22(45)9-19/h5,7,11-13,17-19,22-24,26,29H,2-4,6,8-10,14-16,41H2,1H3,(H,42,48)/t17-,18-,19-,22+,23-,24+,26+,29?/m1/s1. The Hall–Kier alpha value is -4.00. The number of hydrogen-bond acceptors (Lipinski definition) is 5. The lowest BCUT2D eigenvalue weighted by atomic mass is 9.94. The van der Waals surface area contributed by atoms with E-state index in [1.807, 2.05) is 6.92 Å². The van der Waals surface area contributed by atoms with Crippen LogP contribution >= 0.6 is 0 Å². The van der Waals surface area contributed by atoms with Crippen LogP contribution in [0, 0.1) is 23.6 Å². The van der Waals surface area contributed by atoms with Crippen LogP contribution in [0.3, 0.4) is 0 Å². The molecule has 5 heterocycles. The van der Waals surface area contributed by atoms with Crippen molar-refractivity contribution in [1.82, 2.24) is 29.3 Å². The number of alkyl halides is 3. The maximum Gasteiger partial charge on any atom is 0.265 e. The highest BCUT2D eigenvalue weighted by molar-refractivity contribution is 5.98. The summed E-state index contributed by atoms with van der Waals surface area (Å²) in [6, 6.07) is 6.63. The molecular weight excluding hydrogens is 638 g/mol. The number of pyridine rings is 1. The molecule has 2 aliphatic heterocycles. The number of nitrogens with zero attached hydrogens (tertiary/aromatic N) is 5. The SMILES string of the molecule is C[C@H]1NC(=O)[C@@H]2C[C@H]2CCCC(F)(F)Cn2c(-c3nc4cc(C(=O)N5C[C@H](N)[C@@H]6CC[C@H]5C6)cc(F)c4n3C3C[C@@H]3F)cc3ccc1nc32. The first kappa shape index (κ1) is 31.0. The van der Waals surface area contributed by atoms with Gasteiger partial charge in [0.15, 0.2) is 5.82 Å². The lowest BCUT2D eigenvalue weighted by Crippen LogP contribution is -2.51. The van der Waals surface area contributed by atoms with Gasteiger partial charge in [-0.1, -0.05) is 0 Å². The lowest BCUT2D eigenvalue weighted by Gasteiger charge is -2.37. The van der Waals surface area contributed by atoms with Gasteiger partial charge in [0.25, 0.3) is 11.8 Å². The fraction of sp³-hybridized carbons (Fsp3) is 0.556. The van der Waals surface area contributed by atoms with E-state index >= 15 is 13.2 Å². The normalized spacial score (nSPS) is 32.3. The molecule has 9 rings (SSSR count). The Kier molecular flexibility index (Phi) is 6.96. The molecule has 3 aromatic heterocycles. The number of carbonyl (C=O) groups is 2. The van der Waals surface area contributed by atoms with Crippen LogP contribution in [-0.2, 0) is 11.3 Å². The molecule has 3 aliphatic carbocycles. The summed E-state index contributed by atoms with van der Waals surface area (Å²) in [5.41, 5.74) is 7.71. The van der Waals surface area contributed by atoms with Gasteiger partial charge in [0.2, 0.25) is 5.91 Å². The van der Waals surface area contributed by atoms with Gasteiger partial charge in [-0.3, -0.25) is 9.59 Å². The third-order valence-electron chi connectivity index (χ3n) is 11.7. The summed E-state index contributed by atoms with van der Waals surface area (Å²) in [5.74, 6) is -3.81. The lowest BCUT2D eigenvalue weighted by molar-refractivity contribution is -0.123. The van der Waals surface area contributed by atoms with E-state index in [9.17, 15) is 14.0 Å². The summed E-state index contributed by atoms with van der Waals surface area (Å²) in [7, 11) is 0. The molecule has 4 fully saturated rings. The Bertz CT molecular complexity index is 2020. The van der Waals surface area contributed by atoms with E-state index in [1.54, 1.807) is 23.1 Å². The first-order chi connectivity index (χ1) is 23.5. The third kappa shape index (κ3) is 5.21. The molecule has 3 saturated carbocycles. The van der Waals surface area contributed by atoms with Crippen molar-refractivity contribution in [3.63, 3.8) is 0 Å². The molecule has 0 radical (unpaired) electrons. The Morgan fingerprint density at radius 1 is 1.06 bits per heavy atom. The highest BCUT2D eigenvalue weighted by Crippen LogP contribution is 2.47. The highest BCUT2D eigenvalue weighted by atomic mass is 19.3. The van der Waals surface area contributed by atoms with Crippen LogP contribution in [0.15, 0.2) is 30.3 Å². The van der Waals surface area contributed by atoms with Crippen LogP contribution in [0.2, 0.25) is 0 Å². The number of rotatable bonds is 3. The summed E-state index contributed by atoms with van der Waals surface area (Å²) in [6.07, 6.45) is 2.64. The van der Waals surface area contributed by atoms with Gasteiger partial charge in [-0.25, -0.2) is 27.5 Å². The summed E-state index contributed by atoms with van der Waals surface area (Å²) in [5, 5.41) is 3.59. The minimum absolute atomic E-state index is 0.0302. The molecule has 8 atom stereocenters. The number of amides is 2. The van der Waals surface area contributed by atoms with Gasteiger partial charge in [0.1, 0.15) is 23.2 Å². The van der Waals surface area contributed by atoms with E-state index in [2.05, 4.69) is 5.32 Å². The zero-order valence-corrected chi connectivity index (χ0v) is 27.2. The Balaban J connectivity index is 1.17. The third-order valence-corrected chi connectivity index (χ3v) is 11.7. The van der Waals surface area contributed by atoms with Gasteiger partial charge in [0, 0.05) is 48.3 Å². The Morgan fingerprint density at radius 3 is 2.67 bits per heavy atom. The summed E-state index contributed by atoms with van der Waals surface area (Å²) < 4.78 is 65.6. The van der Waals surface area contributed by atoms with E-state index in [0.29, 0.717) is 36.4 Å². The van der Waals surface area contributed by atoms with Crippen LogP contribution in [0.5, 0.6) is 0 Å². The van der Waals surface area contributed by atoms with Crippen molar-refractivity contribution >= 4 is 33.9 Å². The second-order valence-electron chi connectivity index (χ2n) is 15.1. The maximum absolute atomic E-state index is 16.2. The van der Waals surface area contributed by atoms with Crippen molar-refractivity contribution in [1.29, 1.82) is 0 Å². The van der Waals surface area contributed by atoms with Gasteiger partial charge in [0.05, 0.1) is 35.5 Å². The van der Waals surface area contributed by atoms with E-state index in [-0.39, 0.29) is 88.8 Å². The average molecular weight is 678 g/mol. The minimum Gasteiger partial charge on any atom is -0.348 e. The first-order valence-electron chi connectivity index (χ1n) is 17.6. The van der Waals surface area contributed by atoms with Gasteiger partial charge in [-0.2, -0.15) is 0 Å². The molecule has 1 saturated heterocycles. The van der Waals surface area contributed by atoms with Gasteiger partial charge < -0.3 is 25.1 Å². The van der Waals surface area contributed by atoms with Crippen LogP contribution in [0.1, 0.15) is 86.4 Å². The van der Waals surface area contributed by atoms with Crippen molar-refractivity contribution in [3.8, 4) is 11.5 Å². The number of likely N-dealkylation sites (tertiary alicyclic amines) is 1. The van der Waals surface area contributed by atoms with E-state index in [4.69, 9.17) is 15.7 Å². The molecule has 13 heteroatoms. The summed E-state index contributed by atoms with van der Waals surface area (Å²) in [4.78, 5) is 37.9. The zero-order valence-electron chi connectivity index (χ0n) is 27.2. The molecule has 2 amide bonds. The average Bonchev–Trinajstić information content (AvgIpc) is 3.84. The molecule has 4 aromatic rings. The first-order valence-corrected chi connectivity index (χ1v) is 17.6. The maximum atomic E-state index is 16.2. The predicted molar refractivity (Wildman–Crippen MR) is 174 cm³/mol. The monoisotopic (exact) mass is 677 g/mol. The Morgan fingerprint density at radius 2 is 1.88 bits per heavy atom. The van der Waals surface area contributed by atoms with Gasteiger partial charge >= 0.3 is 0 Å². The van der Waals surface area contributed by atoms with Crippen molar-refractivity contribution in [2.24, 2.45) is 23.5 Å². The number of imidazole rings is 1. The van der Waals surface area contributed by atoms with Crippen LogP contribution < -0.4 is 11.1 Å². The number of benzene rings is 1. The van der Waals surface area contributed by atoms with Crippen molar-refractivity contribution in [2.75, 3.05) is 6.54 Å². The van der Waals surface area contributed by atoms with Crippen LogP contribution in [0.4, 0.5) is 17.6 Å². The van der Waals surface area contributed by atoms with Crippen molar-refractivity contribution in [2.45, 2.75) is 101 Å². The van der Waals surface area contributed by atoms with Crippen molar-refractivity contribution in [3.05, 3.63) is 47.4 Å². The predicted octanol–water partition coefficient (Wildman–Crippen LogP) is 6.06. The molecule has 0 spiro atoms. The molecule has 1 unspecified atom stereocenters. The van der Waals surface area contributed by atoms with E-state index < -0.39 is 36.5 Å². The largest absolute Gasteiger partial charge is 0.348 e. The number of nitrogens with two attached hydrogens (primary N) is 1. The second-order valence-corrected chi connectivity index (χ2v) is 15.1. The number of fused-ring (bicyclic) bond motifs is 5. The minimum atomic E-state index is -3.13. The molecule has 3 N–H and O–H groups in total. The molecule has 5 aliphatic rings. The fourth-order valence-electron chi connectivity index (χ4n) is 8.78. The van der Waals surface area contributed by atoms with Gasteiger partial charge in [-0.05, 0) is 87.6 Å². The number of aromatic nitrogens is 4. The Labute approximate surface area is 280 Å². The number of hydrogen-bond donors (Lipinski definition) is 2. The van der Waals surface area contributed by atoms with Crippen LogP contribution in [0.25, 0.3) is 33.6 Å². The molecule has 4 bridgehead atoms. The van der Waals surface area contributed by atoms with E-state index in [0.717, 1.165) is 19.3 Å². The van der Waals surface area contributed by atoms with Crippen molar-refractivity contribution < 1.29 is 27.2 Å². The molecular formula is C36H39F4N7O2. The molecule has 9 nitrogen and oxygen atoms in total. The molecule has 258 valence electrons. The molecule has 49 heavy (non-hydrogen) atoms. The number of halogens is 4.